The fraction of sp³-hybridized carbons (Fsp3) is 0.500. The Hall–Kier alpha value is -1.95. The number of ether oxygens (including phenoxy) is 2. The summed E-state index contributed by atoms with van der Waals surface area (Å²) in [5.74, 6) is 0.112. The highest BCUT2D eigenvalue weighted by Crippen LogP contribution is 2.32. The number of hydrogen-bond acceptors (Lipinski definition) is 6. The van der Waals surface area contributed by atoms with Gasteiger partial charge in [0.25, 0.3) is 0 Å². The minimum absolute atomic E-state index is 0.378. The molecule has 0 radical (unpaired) electrons. The summed E-state index contributed by atoms with van der Waals surface area (Å²) < 4.78 is 10.0. The third-order valence-electron chi connectivity index (χ3n) is 3.60. The number of hydrogen-bond donors (Lipinski definition) is 1. The highest BCUT2D eigenvalue weighted by Gasteiger charge is 2.22. The first kappa shape index (κ1) is 14.5. The van der Waals surface area contributed by atoms with Crippen LogP contribution in [-0.4, -0.2) is 58.3 Å². The lowest BCUT2D eigenvalue weighted by Gasteiger charge is -2.35. The van der Waals surface area contributed by atoms with Crippen LogP contribution in [0.15, 0.2) is 12.1 Å². The molecule has 0 bridgehead atoms. The fourth-order valence-corrected chi connectivity index (χ4v) is 2.34. The van der Waals surface area contributed by atoms with Crippen LogP contribution in [-0.2, 0) is 4.74 Å². The Bertz CT molecular complexity index is 497. The molecule has 0 spiro atoms. The molecule has 0 atom stereocenters. The molecular weight excluding hydrogens is 258 g/mol. The normalized spacial score (nSPS) is 16.1. The van der Waals surface area contributed by atoms with Crippen LogP contribution in [0.2, 0.25) is 0 Å². The number of piperazine rings is 1. The summed E-state index contributed by atoms with van der Waals surface area (Å²) in [4.78, 5) is 16.4. The van der Waals surface area contributed by atoms with Gasteiger partial charge in [-0.2, -0.15) is 0 Å². The average Bonchev–Trinajstić information content (AvgIpc) is 2.47. The lowest BCUT2D eigenvalue weighted by Crippen LogP contribution is -2.45. The molecule has 2 N–H and O–H groups in total. The minimum atomic E-state index is -0.378. The highest BCUT2D eigenvalue weighted by atomic mass is 16.5. The van der Waals surface area contributed by atoms with Crippen molar-refractivity contribution in [3.05, 3.63) is 17.7 Å². The quantitative estimate of drug-likeness (QED) is 0.652. The van der Waals surface area contributed by atoms with E-state index in [-0.39, 0.29) is 5.97 Å². The topological polar surface area (TPSA) is 68.0 Å². The molecule has 1 heterocycles. The molecule has 1 saturated heterocycles. The molecule has 20 heavy (non-hydrogen) atoms. The van der Waals surface area contributed by atoms with Crippen LogP contribution in [0.5, 0.6) is 5.75 Å². The molecule has 1 aliphatic heterocycles. The number of likely N-dealkylation sites (N-methyl/N-ethyl adjacent to an activating group) is 1. The Kier molecular flexibility index (Phi) is 4.34. The summed E-state index contributed by atoms with van der Waals surface area (Å²) >= 11 is 0. The van der Waals surface area contributed by atoms with Crippen LogP contribution >= 0.6 is 0 Å². The van der Waals surface area contributed by atoms with Crippen molar-refractivity contribution >= 4 is 17.3 Å². The molecule has 110 valence electrons. The Morgan fingerprint density at radius 2 is 1.85 bits per heavy atom. The molecule has 1 aliphatic rings. The van der Waals surface area contributed by atoms with Gasteiger partial charge in [0.15, 0.2) is 0 Å². The molecule has 0 unspecified atom stereocenters. The summed E-state index contributed by atoms with van der Waals surface area (Å²) in [5, 5.41) is 0. The number of nitrogens with zero attached hydrogens (tertiary/aromatic N) is 2. The Balaban J connectivity index is 2.39. The van der Waals surface area contributed by atoms with E-state index < -0.39 is 0 Å². The van der Waals surface area contributed by atoms with Gasteiger partial charge in [-0.1, -0.05) is 0 Å². The van der Waals surface area contributed by atoms with Gasteiger partial charge in [0, 0.05) is 26.2 Å². The highest BCUT2D eigenvalue weighted by molar-refractivity contribution is 5.97. The first-order chi connectivity index (χ1) is 9.56. The van der Waals surface area contributed by atoms with E-state index in [2.05, 4.69) is 16.8 Å². The van der Waals surface area contributed by atoms with Crippen LogP contribution in [0.4, 0.5) is 11.4 Å². The van der Waals surface area contributed by atoms with E-state index in [0.717, 1.165) is 31.9 Å². The molecule has 0 aromatic heterocycles. The molecule has 0 aliphatic carbocycles. The molecule has 6 nitrogen and oxygen atoms in total. The molecule has 1 aromatic rings. The zero-order chi connectivity index (χ0) is 14.7. The number of anilines is 2. The maximum absolute atomic E-state index is 12.0. The second-order valence-electron chi connectivity index (χ2n) is 4.89. The maximum atomic E-state index is 12.0. The van der Waals surface area contributed by atoms with E-state index in [1.54, 1.807) is 12.1 Å². The van der Waals surface area contributed by atoms with Gasteiger partial charge >= 0.3 is 5.97 Å². The van der Waals surface area contributed by atoms with Gasteiger partial charge in [0.2, 0.25) is 0 Å². The van der Waals surface area contributed by atoms with Crippen molar-refractivity contribution in [2.24, 2.45) is 0 Å². The molecular formula is C14H21N3O3. The largest absolute Gasteiger partial charge is 0.495 e. The third kappa shape index (κ3) is 2.80. The zero-order valence-electron chi connectivity index (χ0n) is 12.2. The second kappa shape index (κ2) is 6.00. The van der Waals surface area contributed by atoms with Crippen molar-refractivity contribution in [3.8, 4) is 5.75 Å². The summed E-state index contributed by atoms with van der Waals surface area (Å²) in [6.07, 6.45) is 0. The lowest BCUT2D eigenvalue weighted by molar-refractivity contribution is 0.0601. The van der Waals surface area contributed by atoms with Gasteiger partial charge < -0.3 is 25.0 Å². The number of carbonyl (C=O) groups excluding carboxylic acids is 1. The molecule has 1 aromatic carbocycles. The zero-order valence-corrected chi connectivity index (χ0v) is 12.2. The third-order valence-corrected chi connectivity index (χ3v) is 3.60. The molecule has 2 rings (SSSR count). The number of nitrogen functional groups attached to an aromatic ring is 1. The van der Waals surface area contributed by atoms with E-state index in [0.29, 0.717) is 17.0 Å². The second-order valence-corrected chi connectivity index (χ2v) is 4.89. The van der Waals surface area contributed by atoms with E-state index in [9.17, 15) is 4.79 Å². The average molecular weight is 279 g/mol. The van der Waals surface area contributed by atoms with E-state index in [1.807, 2.05) is 0 Å². The predicted octanol–water partition coefficient (Wildman–Crippen LogP) is 0.816. The van der Waals surface area contributed by atoms with Gasteiger partial charge in [0.1, 0.15) is 5.75 Å². The smallest absolute Gasteiger partial charge is 0.340 e. The summed E-state index contributed by atoms with van der Waals surface area (Å²) in [5.41, 5.74) is 7.78. The van der Waals surface area contributed by atoms with Crippen LogP contribution in [0.25, 0.3) is 0 Å². The van der Waals surface area contributed by atoms with E-state index >= 15 is 0 Å². The van der Waals surface area contributed by atoms with Crippen molar-refractivity contribution in [2.75, 3.05) is 58.1 Å². The van der Waals surface area contributed by atoms with E-state index in [1.165, 1.54) is 14.2 Å². The number of benzene rings is 1. The van der Waals surface area contributed by atoms with E-state index in [4.69, 9.17) is 15.2 Å². The predicted molar refractivity (Wildman–Crippen MR) is 78.5 cm³/mol. The molecule has 1 fully saturated rings. The first-order valence-corrected chi connectivity index (χ1v) is 6.56. The van der Waals surface area contributed by atoms with Gasteiger partial charge in [0.05, 0.1) is 31.2 Å². The van der Waals surface area contributed by atoms with Gasteiger partial charge in [-0.3, -0.25) is 0 Å². The Labute approximate surface area is 119 Å². The minimum Gasteiger partial charge on any atom is -0.495 e. The van der Waals surface area contributed by atoms with Crippen molar-refractivity contribution < 1.29 is 14.3 Å². The van der Waals surface area contributed by atoms with Crippen molar-refractivity contribution in [2.45, 2.75) is 0 Å². The molecule has 0 saturated carbocycles. The Morgan fingerprint density at radius 3 is 2.40 bits per heavy atom. The van der Waals surface area contributed by atoms with Crippen LogP contribution in [0, 0.1) is 0 Å². The standard InChI is InChI=1S/C14H21N3O3/c1-16-4-6-17(7-5-16)12-9-11(15)13(19-2)8-10(12)14(18)20-3/h8-9H,4-7,15H2,1-3H3. The number of methoxy groups -OCH3 is 2. The maximum Gasteiger partial charge on any atom is 0.340 e. The SMILES string of the molecule is COC(=O)c1cc(OC)c(N)cc1N1CCN(C)CC1. The van der Waals surface area contributed by atoms with Gasteiger partial charge in [-0.15, -0.1) is 0 Å². The first-order valence-electron chi connectivity index (χ1n) is 6.56. The van der Waals surface area contributed by atoms with Gasteiger partial charge in [-0.05, 0) is 19.2 Å². The number of rotatable bonds is 3. The summed E-state index contributed by atoms with van der Waals surface area (Å²) in [7, 11) is 4.99. The fourth-order valence-electron chi connectivity index (χ4n) is 2.34. The summed E-state index contributed by atoms with van der Waals surface area (Å²) in [6, 6.07) is 3.44. The molecule has 6 heteroatoms. The van der Waals surface area contributed by atoms with Crippen LogP contribution in [0.1, 0.15) is 10.4 Å². The van der Waals surface area contributed by atoms with Crippen molar-refractivity contribution in [1.29, 1.82) is 0 Å². The van der Waals surface area contributed by atoms with Crippen LogP contribution in [0.3, 0.4) is 0 Å². The monoisotopic (exact) mass is 279 g/mol. The number of esters is 1. The summed E-state index contributed by atoms with van der Waals surface area (Å²) in [6.45, 7) is 3.61. The van der Waals surface area contributed by atoms with Crippen LogP contribution < -0.4 is 15.4 Å². The number of nitrogens with two attached hydrogens (primary N) is 1. The molecule has 0 amide bonds. The van der Waals surface area contributed by atoms with Crippen molar-refractivity contribution in [1.82, 2.24) is 4.90 Å². The lowest BCUT2D eigenvalue weighted by atomic mass is 10.1. The Morgan fingerprint density at radius 1 is 1.20 bits per heavy atom. The van der Waals surface area contributed by atoms with Gasteiger partial charge in [-0.25, -0.2) is 4.79 Å². The number of carbonyl (C=O) groups is 1. The van der Waals surface area contributed by atoms with Crippen molar-refractivity contribution in [3.63, 3.8) is 0 Å².